The molecule has 1 aliphatic carbocycles. The van der Waals surface area contributed by atoms with Crippen molar-refractivity contribution in [3.63, 3.8) is 0 Å². The van der Waals surface area contributed by atoms with Gasteiger partial charge >= 0.3 is 0 Å². The predicted molar refractivity (Wildman–Crippen MR) is 214 cm³/mol. The molecule has 0 saturated heterocycles. The van der Waals surface area contributed by atoms with Crippen molar-refractivity contribution in [2.24, 2.45) is 0 Å². The van der Waals surface area contributed by atoms with E-state index in [4.69, 9.17) is 0 Å². The van der Waals surface area contributed by atoms with Crippen molar-refractivity contribution in [1.82, 2.24) is 4.57 Å². The second-order valence-corrected chi connectivity index (χ2v) is 14.6. The molecule has 0 fully saturated rings. The Morgan fingerprint density at radius 1 is 0.660 bits per heavy atom. The summed E-state index contributed by atoms with van der Waals surface area (Å²) in [6.07, 6.45) is 9.48. The minimum atomic E-state index is -0.122. The Kier molecular flexibility index (Phi) is 7.80. The van der Waals surface area contributed by atoms with Gasteiger partial charge in [-0.25, -0.2) is 0 Å². The number of benzene rings is 6. The first-order valence-electron chi connectivity index (χ1n) is 17.7. The molecule has 1 heterocycles. The van der Waals surface area contributed by atoms with Gasteiger partial charge in [-0.3, -0.25) is 0 Å². The number of aromatic nitrogens is 1. The second-order valence-electron chi connectivity index (χ2n) is 14.6. The monoisotopic (exact) mass is 645 g/mol. The van der Waals surface area contributed by atoms with Crippen molar-refractivity contribution in [1.29, 1.82) is 0 Å². The summed E-state index contributed by atoms with van der Waals surface area (Å²) in [4.78, 5) is 0. The molecule has 6 aromatic carbocycles. The van der Waals surface area contributed by atoms with Gasteiger partial charge in [0.1, 0.15) is 0 Å². The van der Waals surface area contributed by atoms with Gasteiger partial charge in [0, 0.05) is 27.3 Å². The van der Waals surface area contributed by atoms with E-state index in [0.717, 1.165) is 17.6 Å². The third kappa shape index (κ3) is 5.26. The zero-order chi connectivity index (χ0) is 34.5. The standard InChI is InChI=1S/C49H43N/c1-6-35(18-11-10-17-34-27-29-41-40-23-12-14-25-44(40)49(4,5)45(41)31-34)36-28-30-47-43(32-36)42-24-13-15-26-46(42)50(47)39-22-16-21-38(33-39)48(2,3)37-19-8-7-9-20-37/h6-16,18-33H,1,17H2,2-5H3/b11-10-,35-18+. The molecule has 1 aromatic heterocycles. The summed E-state index contributed by atoms with van der Waals surface area (Å²) in [5, 5.41) is 2.49. The van der Waals surface area contributed by atoms with Gasteiger partial charge in [0.25, 0.3) is 0 Å². The molecule has 0 amide bonds. The maximum absolute atomic E-state index is 4.19. The fourth-order valence-electron chi connectivity index (χ4n) is 8.02. The molecule has 0 N–H and O–H groups in total. The van der Waals surface area contributed by atoms with E-state index in [1.807, 2.05) is 6.08 Å². The molecule has 0 atom stereocenters. The van der Waals surface area contributed by atoms with Crippen molar-refractivity contribution in [2.75, 3.05) is 0 Å². The molecule has 0 saturated carbocycles. The van der Waals surface area contributed by atoms with Gasteiger partial charge in [-0.2, -0.15) is 0 Å². The highest BCUT2D eigenvalue weighted by Gasteiger charge is 2.35. The van der Waals surface area contributed by atoms with Crippen molar-refractivity contribution in [2.45, 2.75) is 44.9 Å². The van der Waals surface area contributed by atoms with Gasteiger partial charge in [0.05, 0.1) is 11.0 Å². The third-order valence-corrected chi connectivity index (χ3v) is 11.0. The minimum absolute atomic E-state index is 0.0187. The summed E-state index contributed by atoms with van der Waals surface area (Å²) in [7, 11) is 0. The van der Waals surface area contributed by atoms with Crippen LogP contribution >= 0.6 is 0 Å². The van der Waals surface area contributed by atoms with Gasteiger partial charge in [-0.15, -0.1) is 0 Å². The maximum Gasteiger partial charge on any atom is 0.0541 e. The number of rotatable bonds is 8. The first kappa shape index (κ1) is 31.6. The maximum atomic E-state index is 4.19. The van der Waals surface area contributed by atoms with E-state index in [1.54, 1.807) is 0 Å². The van der Waals surface area contributed by atoms with Crippen LogP contribution in [0.5, 0.6) is 0 Å². The van der Waals surface area contributed by atoms with Gasteiger partial charge in [-0.05, 0) is 86.8 Å². The minimum Gasteiger partial charge on any atom is -0.309 e. The molecule has 7 aromatic rings. The van der Waals surface area contributed by atoms with Crippen LogP contribution in [0.1, 0.15) is 61.1 Å². The van der Waals surface area contributed by atoms with Gasteiger partial charge in [0.2, 0.25) is 0 Å². The molecule has 1 heteroatoms. The van der Waals surface area contributed by atoms with Crippen molar-refractivity contribution >= 4 is 27.4 Å². The van der Waals surface area contributed by atoms with Crippen LogP contribution < -0.4 is 0 Å². The Labute approximate surface area is 296 Å². The fraction of sp³-hybridized carbons (Fsp3) is 0.143. The van der Waals surface area contributed by atoms with E-state index in [9.17, 15) is 0 Å². The van der Waals surface area contributed by atoms with E-state index >= 15 is 0 Å². The first-order chi connectivity index (χ1) is 24.3. The predicted octanol–water partition coefficient (Wildman–Crippen LogP) is 12.8. The highest BCUT2D eigenvalue weighted by Crippen LogP contribution is 2.48. The zero-order valence-electron chi connectivity index (χ0n) is 29.4. The van der Waals surface area contributed by atoms with Crippen LogP contribution in [0.2, 0.25) is 0 Å². The normalized spacial score (nSPS) is 14.0. The van der Waals surface area contributed by atoms with E-state index in [0.29, 0.717) is 0 Å². The van der Waals surface area contributed by atoms with Crippen molar-refractivity contribution < 1.29 is 0 Å². The summed E-state index contributed by atoms with van der Waals surface area (Å²) < 4.78 is 2.41. The van der Waals surface area contributed by atoms with Crippen LogP contribution in [0.15, 0.2) is 170 Å². The van der Waals surface area contributed by atoms with E-state index < -0.39 is 0 Å². The Balaban J connectivity index is 1.10. The molecule has 50 heavy (non-hydrogen) atoms. The second kappa shape index (κ2) is 12.3. The topological polar surface area (TPSA) is 4.93 Å². The molecular weight excluding hydrogens is 603 g/mol. The number of nitrogens with zero attached hydrogens (tertiary/aromatic N) is 1. The Bertz CT molecular complexity index is 2460. The Morgan fingerprint density at radius 2 is 1.38 bits per heavy atom. The van der Waals surface area contributed by atoms with Crippen LogP contribution in [0.25, 0.3) is 44.2 Å². The molecule has 0 radical (unpaired) electrons. The summed E-state index contributed by atoms with van der Waals surface area (Å²) in [6.45, 7) is 13.5. The van der Waals surface area contributed by atoms with Crippen LogP contribution in [0.3, 0.4) is 0 Å². The lowest BCUT2D eigenvalue weighted by molar-refractivity contribution is 0.640. The number of allylic oxidation sites excluding steroid dienone is 5. The van der Waals surface area contributed by atoms with Crippen LogP contribution in [0.4, 0.5) is 0 Å². The Hall–Kier alpha value is -5.66. The van der Waals surface area contributed by atoms with E-state index in [2.05, 4.69) is 197 Å². The Morgan fingerprint density at radius 3 is 2.22 bits per heavy atom. The number of para-hydroxylation sites is 1. The summed E-state index contributed by atoms with van der Waals surface area (Å²) >= 11 is 0. The lowest BCUT2D eigenvalue weighted by Crippen LogP contribution is -2.19. The molecule has 8 rings (SSSR count). The molecule has 1 nitrogen and oxygen atoms in total. The smallest absolute Gasteiger partial charge is 0.0541 e. The fourth-order valence-corrected chi connectivity index (χ4v) is 8.02. The first-order valence-corrected chi connectivity index (χ1v) is 17.7. The van der Waals surface area contributed by atoms with Crippen LogP contribution in [-0.2, 0) is 17.3 Å². The summed E-state index contributed by atoms with van der Waals surface area (Å²) in [5.41, 5.74) is 15.3. The highest BCUT2D eigenvalue weighted by molar-refractivity contribution is 6.10. The summed E-state index contributed by atoms with van der Waals surface area (Å²) in [6, 6.07) is 51.2. The summed E-state index contributed by atoms with van der Waals surface area (Å²) in [5.74, 6) is 0. The molecule has 0 unspecified atom stereocenters. The highest BCUT2D eigenvalue weighted by atomic mass is 15.0. The lowest BCUT2D eigenvalue weighted by atomic mass is 9.78. The molecule has 0 spiro atoms. The average molecular weight is 646 g/mol. The van der Waals surface area contributed by atoms with Gasteiger partial charge in [0.15, 0.2) is 0 Å². The lowest BCUT2D eigenvalue weighted by Gasteiger charge is -2.27. The molecule has 244 valence electrons. The zero-order valence-corrected chi connectivity index (χ0v) is 29.4. The SMILES string of the molecule is C=C/C(=C\C=C/Cc1ccc2c(c1)C(C)(C)c1ccccc1-2)c1ccc2c(c1)c1ccccc1n2-c1cccc(C(C)(C)c2ccccc2)c1. The van der Waals surface area contributed by atoms with E-state index in [-0.39, 0.29) is 10.8 Å². The largest absolute Gasteiger partial charge is 0.309 e. The number of hydrogen-bond acceptors (Lipinski definition) is 0. The van der Waals surface area contributed by atoms with Crippen LogP contribution in [-0.4, -0.2) is 4.57 Å². The number of fused-ring (bicyclic) bond motifs is 6. The third-order valence-electron chi connectivity index (χ3n) is 11.0. The van der Waals surface area contributed by atoms with Crippen molar-refractivity contribution in [3.05, 3.63) is 204 Å². The molecule has 1 aliphatic rings. The van der Waals surface area contributed by atoms with E-state index in [1.165, 1.54) is 66.4 Å². The molecule has 0 bridgehead atoms. The molecular formula is C49H43N. The van der Waals surface area contributed by atoms with Crippen LogP contribution in [0, 0.1) is 0 Å². The van der Waals surface area contributed by atoms with Crippen molar-refractivity contribution in [3.8, 4) is 16.8 Å². The number of hydrogen-bond donors (Lipinski definition) is 0. The average Bonchev–Trinajstić information content (AvgIpc) is 3.60. The molecule has 0 aliphatic heterocycles. The quantitative estimate of drug-likeness (QED) is 0.145. The van der Waals surface area contributed by atoms with Gasteiger partial charge < -0.3 is 4.57 Å². The van der Waals surface area contributed by atoms with Gasteiger partial charge in [-0.1, -0.05) is 168 Å².